The number of ether oxygens (including phenoxy) is 1. The van der Waals surface area contributed by atoms with Crippen molar-refractivity contribution >= 4 is 33.6 Å². The van der Waals surface area contributed by atoms with Crippen LogP contribution in [0.5, 0.6) is 0 Å². The van der Waals surface area contributed by atoms with Gasteiger partial charge in [-0.3, -0.25) is 14.4 Å². The molecule has 0 aliphatic heterocycles. The molecule has 28 heavy (non-hydrogen) atoms. The van der Waals surface area contributed by atoms with E-state index in [0.29, 0.717) is 15.8 Å². The van der Waals surface area contributed by atoms with Crippen molar-refractivity contribution in [3.8, 4) is 0 Å². The normalized spacial score (nSPS) is 11.5. The van der Waals surface area contributed by atoms with Gasteiger partial charge in [-0.05, 0) is 28.1 Å². The monoisotopic (exact) mass is 441 g/mol. The Bertz CT molecular complexity index is 969. The number of Topliss-reactive ketones (excluding diaryl/α,β-unsaturated/α-hetero) is 1. The van der Waals surface area contributed by atoms with Crippen LogP contribution in [0.2, 0.25) is 0 Å². The minimum absolute atomic E-state index is 0.0552. The number of furan rings is 1. The molecule has 1 aromatic heterocycles. The van der Waals surface area contributed by atoms with Crippen molar-refractivity contribution in [1.29, 1.82) is 0 Å². The summed E-state index contributed by atoms with van der Waals surface area (Å²) >= 11 is 3.10. The molecule has 0 aliphatic rings. The van der Waals surface area contributed by atoms with E-state index in [9.17, 15) is 14.4 Å². The van der Waals surface area contributed by atoms with Crippen LogP contribution in [-0.2, 0) is 9.53 Å². The number of benzene rings is 2. The number of amides is 1. The summed E-state index contributed by atoms with van der Waals surface area (Å²) in [5.41, 5.74) is 0.972. The third kappa shape index (κ3) is 4.95. The molecule has 0 spiro atoms. The van der Waals surface area contributed by atoms with Gasteiger partial charge in [0.05, 0.1) is 0 Å². The van der Waals surface area contributed by atoms with Gasteiger partial charge >= 0.3 is 5.97 Å². The molecule has 3 aromatic rings. The van der Waals surface area contributed by atoms with Gasteiger partial charge in [0, 0.05) is 11.1 Å². The number of esters is 1. The number of halogens is 1. The third-order valence-corrected chi connectivity index (χ3v) is 4.26. The molecule has 0 radical (unpaired) electrons. The van der Waals surface area contributed by atoms with Crippen LogP contribution < -0.4 is 5.32 Å². The Kier molecular flexibility index (Phi) is 6.39. The van der Waals surface area contributed by atoms with Crippen LogP contribution in [0.1, 0.15) is 32.6 Å². The van der Waals surface area contributed by atoms with Crippen LogP contribution in [0.3, 0.4) is 0 Å². The van der Waals surface area contributed by atoms with E-state index < -0.39 is 24.5 Å². The van der Waals surface area contributed by atoms with E-state index in [4.69, 9.17) is 9.15 Å². The Balaban J connectivity index is 1.69. The highest BCUT2D eigenvalue weighted by atomic mass is 79.9. The maximum absolute atomic E-state index is 12.9. The lowest BCUT2D eigenvalue weighted by Gasteiger charge is -2.17. The SMILES string of the molecule is O=C(CNC(=O)c1ccc(Br)o1)OC(C(=O)c1ccccc1)c1ccccc1. The van der Waals surface area contributed by atoms with Crippen molar-refractivity contribution in [1.82, 2.24) is 5.32 Å². The molecule has 3 rings (SSSR count). The van der Waals surface area contributed by atoms with Gasteiger partial charge in [-0.2, -0.15) is 0 Å². The molecule has 0 saturated heterocycles. The van der Waals surface area contributed by atoms with Crippen molar-refractivity contribution in [2.24, 2.45) is 0 Å². The summed E-state index contributed by atoms with van der Waals surface area (Å²) in [6.07, 6.45) is -1.11. The smallest absolute Gasteiger partial charge is 0.326 e. The molecular weight excluding hydrogens is 426 g/mol. The average molecular weight is 442 g/mol. The summed E-state index contributed by atoms with van der Waals surface area (Å²) in [6, 6.07) is 20.3. The van der Waals surface area contributed by atoms with Crippen molar-refractivity contribution in [2.45, 2.75) is 6.10 Å². The van der Waals surface area contributed by atoms with E-state index in [2.05, 4.69) is 21.2 Å². The highest BCUT2D eigenvalue weighted by molar-refractivity contribution is 9.10. The van der Waals surface area contributed by atoms with Crippen LogP contribution >= 0.6 is 15.9 Å². The second-order valence-corrected chi connectivity index (χ2v) is 6.58. The zero-order valence-corrected chi connectivity index (χ0v) is 16.2. The van der Waals surface area contributed by atoms with E-state index in [1.807, 2.05) is 0 Å². The van der Waals surface area contributed by atoms with Crippen LogP contribution in [0.4, 0.5) is 0 Å². The number of carbonyl (C=O) groups excluding carboxylic acids is 3. The fourth-order valence-electron chi connectivity index (χ4n) is 2.50. The molecule has 1 unspecified atom stereocenters. The highest BCUT2D eigenvalue weighted by Crippen LogP contribution is 2.22. The van der Waals surface area contributed by atoms with E-state index in [1.54, 1.807) is 66.7 Å². The summed E-state index contributed by atoms with van der Waals surface area (Å²) in [6.45, 7) is -0.400. The number of nitrogens with one attached hydrogen (secondary N) is 1. The van der Waals surface area contributed by atoms with Gasteiger partial charge in [-0.1, -0.05) is 60.7 Å². The Hall–Kier alpha value is -3.19. The van der Waals surface area contributed by atoms with Gasteiger partial charge in [-0.15, -0.1) is 0 Å². The van der Waals surface area contributed by atoms with Crippen molar-refractivity contribution in [2.75, 3.05) is 6.54 Å². The molecule has 1 atom stereocenters. The molecule has 1 N–H and O–H groups in total. The Morgan fingerprint density at radius 3 is 2.18 bits per heavy atom. The minimum atomic E-state index is -1.11. The standard InChI is InChI=1S/C21H16BrNO5/c22-17-12-11-16(27-17)21(26)23-13-18(24)28-20(15-9-5-2-6-10-15)19(25)14-7-3-1-4-8-14/h1-12,20H,13H2,(H,23,26). The predicted octanol–water partition coefficient (Wildman–Crippen LogP) is 3.94. The molecule has 0 bridgehead atoms. The van der Waals surface area contributed by atoms with Gasteiger partial charge < -0.3 is 14.5 Å². The molecule has 1 amide bonds. The highest BCUT2D eigenvalue weighted by Gasteiger charge is 2.26. The Morgan fingerprint density at radius 1 is 0.929 bits per heavy atom. The summed E-state index contributed by atoms with van der Waals surface area (Å²) in [5, 5.41) is 2.41. The van der Waals surface area contributed by atoms with Gasteiger partial charge in [0.2, 0.25) is 5.78 Å². The van der Waals surface area contributed by atoms with E-state index in [0.717, 1.165) is 0 Å². The van der Waals surface area contributed by atoms with Crippen LogP contribution in [0, 0.1) is 0 Å². The van der Waals surface area contributed by atoms with Crippen LogP contribution in [0.25, 0.3) is 0 Å². The second kappa shape index (κ2) is 9.14. The number of hydrogen-bond acceptors (Lipinski definition) is 5. The lowest BCUT2D eigenvalue weighted by molar-refractivity contribution is -0.146. The second-order valence-electron chi connectivity index (χ2n) is 5.80. The predicted molar refractivity (Wildman–Crippen MR) is 105 cm³/mol. The molecule has 142 valence electrons. The molecule has 0 fully saturated rings. The van der Waals surface area contributed by atoms with E-state index in [1.165, 1.54) is 6.07 Å². The number of rotatable bonds is 7. The summed E-state index contributed by atoms with van der Waals surface area (Å²) in [5.74, 6) is -1.59. The fraction of sp³-hybridized carbons (Fsp3) is 0.0952. The van der Waals surface area contributed by atoms with Gasteiger partial charge in [0.1, 0.15) is 6.54 Å². The third-order valence-electron chi connectivity index (χ3n) is 3.84. The number of hydrogen-bond donors (Lipinski definition) is 1. The fourth-order valence-corrected chi connectivity index (χ4v) is 2.81. The van der Waals surface area contributed by atoms with Gasteiger partial charge in [0.25, 0.3) is 5.91 Å². The first kappa shape index (κ1) is 19.6. The largest absolute Gasteiger partial charge is 0.448 e. The molecule has 0 aliphatic carbocycles. The topological polar surface area (TPSA) is 85.6 Å². The van der Waals surface area contributed by atoms with Crippen LogP contribution in [-0.4, -0.2) is 24.2 Å². The first-order chi connectivity index (χ1) is 13.5. The minimum Gasteiger partial charge on any atom is -0.448 e. The molecule has 6 nitrogen and oxygen atoms in total. The molecule has 7 heteroatoms. The van der Waals surface area contributed by atoms with Crippen molar-refractivity contribution < 1.29 is 23.5 Å². The molecule has 1 heterocycles. The number of ketones is 1. The summed E-state index contributed by atoms with van der Waals surface area (Å²) in [7, 11) is 0. The lowest BCUT2D eigenvalue weighted by Crippen LogP contribution is -2.32. The lowest BCUT2D eigenvalue weighted by atomic mass is 10.00. The summed E-state index contributed by atoms with van der Waals surface area (Å²) < 4.78 is 10.9. The van der Waals surface area contributed by atoms with E-state index >= 15 is 0 Å². The zero-order chi connectivity index (χ0) is 19.9. The molecule has 0 saturated carbocycles. The van der Waals surface area contributed by atoms with Crippen molar-refractivity contribution in [3.63, 3.8) is 0 Å². The Labute approximate surface area is 169 Å². The van der Waals surface area contributed by atoms with Gasteiger partial charge in [-0.25, -0.2) is 0 Å². The molecule has 2 aromatic carbocycles. The van der Waals surface area contributed by atoms with E-state index in [-0.39, 0.29) is 11.5 Å². The van der Waals surface area contributed by atoms with Crippen LogP contribution in [0.15, 0.2) is 81.9 Å². The first-order valence-electron chi connectivity index (χ1n) is 8.42. The quantitative estimate of drug-likeness (QED) is 0.443. The number of carbonyl (C=O) groups is 3. The van der Waals surface area contributed by atoms with Gasteiger partial charge in [0.15, 0.2) is 16.5 Å². The maximum Gasteiger partial charge on any atom is 0.326 e. The molecular formula is C21H16BrNO5. The average Bonchev–Trinajstić information content (AvgIpc) is 3.17. The maximum atomic E-state index is 12.9. The first-order valence-corrected chi connectivity index (χ1v) is 9.21. The Morgan fingerprint density at radius 2 is 1.57 bits per heavy atom. The summed E-state index contributed by atoms with van der Waals surface area (Å²) in [4.78, 5) is 37.1. The van der Waals surface area contributed by atoms with Crippen molar-refractivity contribution in [3.05, 3.63) is 94.4 Å². The zero-order valence-electron chi connectivity index (χ0n) is 14.6.